The van der Waals surface area contributed by atoms with Crippen molar-refractivity contribution in [2.75, 3.05) is 10.5 Å². The number of hydrogen-bond donors (Lipinski definition) is 2. The van der Waals surface area contributed by atoms with Gasteiger partial charge in [-0.3, -0.25) is 9.71 Å². The molecule has 0 radical (unpaired) electrons. The van der Waals surface area contributed by atoms with E-state index in [1.54, 1.807) is 12.1 Å². The number of hydrogen-bond acceptors (Lipinski definition) is 8. The van der Waals surface area contributed by atoms with E-state index in [0.29, 0.717) is 16.6 Å². The predicted molar refractivity (Wildman–Crippen MR) is 74.7 cm³/mol. The third-order valence-corrected chi connectivity index (χ3v) is 4.59. The SMILES string of the molecule is Nc1ccc(S(=O)(=O)Nc2nnns2)c2ncccc12. The van der Waals surface area contributed by atoms with Crippen molar-refractivity contribution < 1.29 is 8.42 Å². The Morgan fingerprint density at radius 3 is 2.85 bits per heavy atom. The molecule has 1 aromatic carbocycles. The van der Waals surface area contributed by atoms with Crippen LogP contribution in [0.15, 0.2) is 35.4 Å². The zero-order chi connectivity index (χ0) is 14.2. The molecule has 102 valence electrons. The van der Waals surface area contributed by atoms with Crippen molar-refractivity contribution >= 4 is 43.3 Å². The fourth-order valence-electron chi connectivity index (χ4n) is 1.73. The standard InChI is InChI=1S/C10H8N6O2S2/c11-7-3-4-8(9-6(7)2-1-5-12-9)20(17,18)14-10-13-15-16-19-10/h1-5H,11H2,(H,13,14,16). The highest BCUT2D eigenvalue weighted by Crippen LogP contribution is 2.27. The molecule has 3 N–H and O–H groups in total. The average Bonchev–Trinajstić information content (AvgIpc) is 2.91. The number of rotatable bonds is 3. The summed E-state index contributed by atoms with van der Waals surface area (Å²) in [6.07, 6.45) is 1.51. The van der Waals surface area contributed by atoms with Crippen LogP contribution in [-0.2, 0) is 10.0 Å². The van der Waals surface area contributed by atoms with Gasteiger partial charge in [-0.1, -0.05) is 9.59 Å². The molecule has 0 aliphatic carbocycles. The number of nitrogens with one attached hydrogen (secondary N) is 1. The molecular weight excluding hydrogens is 300 g/mol. The number of sulfonamides is 1. The van der Waals surface area contributed by atoms with Crippen LogP contribution in [0.25, 0.3) is 10.9 Å². The van der Waals surface area contributed by atoms with E-state index < -0.39 is 10.0 Å². The second-order valence-corrected chi connectivity index (χ2v) is 6.21. The minimum Gasteiger partial charge on any atom is -0.398 e. The molecule has 0 bridgehead atoms. The molecule has 2 heterocycles. The molecule has 10 heteroatoms. The molecule has 0 aliphatic heterocycles. The first kappa shape index (κ1) is 12.7. The Hall–Kier alpha value is -2.33. The van der Waals surface area contributed by atoms with Crippen LogP contribution in [0.5, 0.6) is 0 Å². The molecule has 2 aromatic heterocycles. The zero-order valence-corrected chi connectivity index (χ0v) is 11.5. The van der Waals surface area contributed by atoms with Gasteiger partial charge in [0, 0.05) is 28.8 Å². The van der Waals surface area contributed by atoms with Crippen molar-refractivity contribution in [3.63, 3.8) is 0 Å². The summed E-state index contributed by atoms with van der Waals surface area (Å²) in [4.78, 5) is 4.12. The van der Waals surface area contributed by atoms with Gasteiger partial charge in [-0.25, -0.2) is 8.42 Å². The summed E-state index contributed by atoms with van der Waals surface area (Å²) in [7, 11) is -3.83. The van der Waals surface area contributed by atoms with Gasteiger partial charge in [0.15, 0.2) is 0 Å². The van der Waals surface area contributed by atoms with Gasteiger partial charge in [0.1, 0.15) is 4.90 Å². The second kappa shape index (κ2) is 4.65. The number of anilines is 2. The van der Waals surface area contributed by atoms with Crippen molar-refractivity contribution in [3.05, 3.63) is 30.5 Å². The lowest BCUT2D eigenvalue weighted by Crippen LogP contribution is -2.14. The topological polar surface area (TPSA) is 124 Å². The van der Waals surface area contributed by atoms with Crippen molar-refractivity contribution in [1.82, 2.24) is 19.8 Å². The van der Waals surface area contributed by atoms with Crippen molar-refractivity contribution in [2.45, 2.75) is 4.90 Å². The monoisotopic (exact) mass is 308 g/mol. The molecule has 0 unspecified atom stereocenters. The van der Waals surface area contributed by atoms with E-state index in [-0.39, 0.29) is 10.0 Å². The lowest BCUT2D eigenvalue weighted by Gasteiger charge is -2.08. The van der Waals surface area contributed by atoms with Crippen LogP contribution in [0.2, 0.25) is 0 Å². The lowest BCUT2D eigenvalue weighted by atomic mass is 10.2. The molecule has 0 aliphatic rings. The van der Waals surface area contributed by atoms with Crippen LogP contribution in [-0.4, -0.2) is 28.2 Å². The average molecular weight is 308 g/mol. The lowest BCUT2D eigenvalue weighted by molar-refractivity contribution is 0.602. The van der Waals surface area contributed by atoms with Gasteiger partial charge in [-0.2, -0.15) is 0 Å². The number of aromatic nitrogens is 4. The summed E-state index contributed by atoms with van der Waals surface area (Å²) in [6.45, 7) is 0. The Morgan fingerprint density at radius 1 is 1.25 bits per heavy atom. The first-order chi connectivity index (χ1) is 9.58. The molecule has 3 rings (SSSR count). The number of nitrogen functional groups attached to an aromatic ring is 1. The van der Waals surface area contributed by atoms with Gasteiger partial charge >= 0.3 is 0 Å². The maximum Gasteiger partial charge on any atom is 0.265 e. The molecule has 0 fully saturated rings. The number of pyridine rings is 1. The van der Waals surface area contributed by atoms with Gasteiger partial charge in [-0.15, -0.1) is 0 Å². The van der Waals surface area contributed by atoms with Gasteiger partial charge in [0.05, 0.1) is 5.52 Å². The smallest absolute Gasteiger partial charge is 0.265 e. The number of nitrogens with zero attached hydrogens (tertiary/aromatic N) is 4. The minimum atomic E-state index is -3.83. The molecule has 8 nitrogen and oxygen atoms in total. The van der Waals surface area contributed by atoms with Gasteiger partial charge in [0.25, 0.3) is 10.0 Å². The fourth-order valence-corrected chi connectivity index (χ4v) is 3.48. The van der Waals surface area contributed by atoms with Crippen LogP contribution in [0.3, 0.4) is 0 Å². The highest BCUT2D eigenvalue weighted by molar-refractivity contribution is 7.93. The molecule has 0 spiro atoms. The molecule has 0 saturated heterocycles. The maximum atomic E-state index is 12.3. The normalized spacial score (nSPS) is 11.6. The minimum absolute atomic E-state index is 0.0255. The molecule has 0 atom stereocenters. The Bertz CT molecular complexity index is 863. The Kier molecular flexibility index (Phi) is 2.95. The van der Waals surface area contributed by atoms with E-state index in [4.69, 9.17) is 5.73 Å². The van der Waals surface area contributed by atoms with Crippen molar-refractivity contribution in [3.8, 4) is 0 Å². The predicted octanol–water partition coefficient (Wildman–Crippen LogP) is 0.864. The molecule has 0 saturated carbocycles. The summed E-state index contributed by atoms with van der Waals surface area (Å²) >= 11 is 0.845. The maximum absolute atomic E-state index is 12.3. The largest absolute Gasteiger partial charge is 0.398 e. The zero-order valence-electron chi connectivity index (χ0n) is 9.89. The number of fused-ring (bicyclic) bond motifs is 1. The van der Waals surface area contributed by atoms with Crippen LogP contribution >= 0.6 is 11.5 Å². The highest BCUT2D eigenvalue weighted by Gasteiger charge is 2.20. The van der Waals surface area contributed by atoms with Crippen LogP contribution in [0.4, 0.5) is 10.8 Å². The van der Waals surface area contributed by atoms with Crippen LogP contribution in [0, 0.1) is 0 Å². The fraction of sp³-hybridized carbons (Fsp3) is 0. The van der Waals surface area contributed by atoms with Crippen LogP contribution in [0.1, 0.15) is 0 Å². The summed E-state index contributed by atoms with van der Waals surface area (Å²) < 4.78 is 30.5. The molecule has 20 heavy (non-hydrogen) atoms. The van der Waals surface area contributed by atoms with E-state index in [1.807, 2.05) is 0 Å². The molecule has 3 aromatic rings. The summed E-state index contributed by atoms with van der Waals surface area (Å²) in [6, 6.07) is 6.33. The third-order valence-electron chi connectivity index (χ3n) is 2.58. The van der Waals surface area contributed by atoms with Crippen LogP contribution < -0.4 is 10.5 Å². The van der Waals surface area contributed by atoms with Gasteiger partial charge in [0.2, 0.25) is 5.13 Å². The van der Waals surface area contributed by atoms with E-state index >= 15 is 0 Å². The van der Waals surface area contributed by atoms with Gasteiger partial charge in [-0.05, 0) is 29.5 Å². The van der Waals surface area contributed by atoms with E-state index in [0.717, 1.165) is 11.5 Å². The Balaban J connectivity index is 2.17. The quantitative estimate of drug-likeness (QED) is 0.688. The number of benzene rings is 1. The Morgan fingerprint density at radius 2 is 2.10 bits per heavy atom. The van der Waals surface area contributed by atoms with E-state index in [9.17, 15) is 8.42 Å². The van der Waals surface area contributed by atoms with E-state index in [2.05, 4.69) is 24.5 Å². The van der Waals surface area contributed by atoms with E-state index in [1.165, 1.54) is 18.3 Å². The molecule has 0 amide bonds. The first-order valence-electron chi connectivity index (χ1n) is 5.39. The summed E-state index contributed by atoms with van der Waals surface area (Å²) in [5, 5.41) is 7.54. The summed E-state index contributed by atoms with van der Waals surface area (Å²) in [5.74, 6) is 0. The molecular formula is C10H8N6O2S2. The third kappa shape index (κ3) is 2.14. The second-order valence-electron chi connectivity index (χ2n) is 3.83. The summed E-state index contributed by atoms with van der Waals surface area (Å²) in [5.41, 5.74) is 6.58. The highest BCUT2D eigenvalue weighted by atomic mass is 32.2. The first-order valence-corrected chi connectivity index (χ1v) is 7.64. The van der Waals surface area contributed by atoms with Gasteiger partial charge < -0.3 is 5.73 Å². The van der Waals surface area contributed by atoms with Crippen molar-refractivity contribution in [1.29, 1.82) is 0 Å². The Labute approximate surface area is 117 Å². The number of nitrogens with two attached hydrogens (primary N) is 1. The van der Waals surface area contributed by atoms with Crippen molar-refractivity contribution in [2.24, 2.45) is 0 Å².